The summed E-state index contributed by atoms with van der Waals surface area (Å²) in [5.74, 6) is 2.35. The van der Waals surface area contributed by atoms with E-state index in [1.54, 1.807) is 0 Å². The van der Waals surface area contributed by atoms with E-state index < -0.39 is 0 Å². The Balaban J connectivity index is 1.96. The lowest BCUT2D eigenvalue weighted by Gasteiger charge is -2.04. The van der Waals surface area contributed by atoms with Gasteiger partial charge in [-0.25, -0.2) is 9.97 Å². The predicted molar refractivity (Wildman–Crippen MR) is 68.0 cm³/mol. The summed E-state index contributed by atoms with van der Waals surface area (Å²) in [4.78, 5) is 12.3. The molecule has 2 aromatic heterocycles. The lowest BCUT2D eigenvalue weighted by atomic mass is 10.1. The molecule has 90 valence electrons. The van der Waals surface area contributed by atoms with E-state index in [1.165, 1.54) is 0 Å². The van der Waals surface area contributed by atoms with Crippen LogP contribution in [0.1, 0.15) is 31.0 Å². The number of anilines is 1. The minimum Gasteiger partial charge on any atom is -0.373 e. The van der Waals surface area contributed by atoms with Crippen LogP contribution in [0.3, 0.4) is 0 Å². The van der Waals surface area contributed by atoms with Crippen LogP contribution in [-0.2, 0) is 0 Å². The van der Waals surface area contributed by atoms with Crippen LogP contribution < -0.4 is 11.1 Å². The highest BCUT2D eigenvalue weighted by Crippen LogP contribution is 2.32. The van der Waals surface area contributed by atoms with E-state index in [2.05, 4.69) is 20.3 Å². The van der Waals surface area contributed by atoms with E-state index >= 15 is 0 Å². The normalized spacial score (nSPS) is 24.4. The van der Waals surface area contributed by atoms with Crippen LogP contribution in [0.15, 0.2) is 12.1 Å². The van der Waals surface area contributed by atoms with Gasteiger partial charge >= 0.3 is 0 Å². The van der Waals surface area contributed by atoms with E-state index in [0.29, 0.717) is 12.0 Å². The third-order valence-electron chi connectivity index (χ3n) is 3.48. The minimum absolute atomic E-state index is 0.328. The summed E-state index contributed by atoms with van der Waals surface area (Å²) < 4.78 is 0. The van der Waals surface area contributed by atoms with Gasteiger partial charge in [0.2, 0.25) is 0 Å². The summed E-state index contributed by atoms with van der Waals surface area (Å²) in [6.07, 6.45) is 3.25. The number of aromatic nitrogens is 3. The van der Waals surface area contributed by atoms with Crippen molar-refractivity contribution in [3.8, 4) is 0 Å². The van der Waals surface area contributed by atoms with Gasteiger partial charge in [-0.15, -0.1) is 0 Å². The van der Waals surface area contributed by atoms with Gasteiger partial charge in [-0.2, -0.15) is 0 Å². The van der Waals surface area contributed by atoms with Crippen LogP contribution in [0.5, 0.6) is 0 Å². The second-order valence-electron chi connectivity index (χ2n) is 4.71. The van der Waals surface area contributed by atoms with Crippen LogP contribution in [0.2, 0.25) is 0 Å². The molecule has 4 N–H and O–H groups in total. The molecule has 17 heavy (non-hydrogen) atoms. The first-order valence-electron chi connectivity index (χ1n) is 6.06. The number of pyridine rings is 1. The van der Waals surface area contributed by atoms with Crippen LogP contribution in [-0.4, -0.2) is 28.0 Å². The number of imidazole rings is 1. The smallest absolute Gasteiger partial charge is 0.179 e. The van der Waals surface area contributed by atoms with Crippen LogP contribution in [0.25, 0.3) is 11.2 Å². The van der Waals surface area contributed by atoms with Crippen molar-refractivity contribution in [1.82, 2.24) is 15.0 Å². The van der Waals surface area contributed by atoms with Crippen LogP contribution >= 0.6 is 0 Å². The SMILES string of the molecule is CNc1ccc2[nH]c([C@@H]3CC[C@H](N)C3)nc2n1. The molecule has 0 unspecified atom stereocenters. The zero-order valence-electron chi connectivity index (χ0n) is 9.90. The molecular weight excluding hydrogens is 214 g/mol. The van der Waals surface area contributed by atoms with Gasteiger partial charge in [0.15, 0.2) is 5.65 Å². The van der Waals surface area contributed by atoms with Crippen LogP contribution in [0, 0.1) is 0 Å². The van der Waals surface area contributed by atoms with Gasteiger partial charge in [-0.05, 0) is 31.4 Å². The third kappa shape index (κ3) is 1.86. The Morgan fingerprint density at radius 2 is 2.24 bits per heavy atom. The second kappa shape index (κ2) is 4.00. The van der Waals surface area contributed by atoms with Crippen molar-refractivity contribution >= 4 is 17.0 Å². The molecule has 2 heterocycles. The summed E-state index contributed by atoms with van der Waals surface area (Å²) in [5, 5.41) is 3.02. The van der Waals surface area contributed by atoms with Gasteiger partial charge in [0.05, 0.1) is 5.52 Å². The van der Waals surface area contributed by atoms with Crippen molar-refractivity contribution in [1.29, 1.82) is 0 Å². The Morgan fingerprint density at radius 3 is 2.94 bits per heavy atom. The molecule has 1 aliphatic rings. The number of H-pyrrole nitrogens is 1. The van der Waals surface area contributed by atoms with Crippen LogP contribution in [0.4, 0.5) is 5.82 Å². The zero-order valence-corrected chi connectivity index (χ0v) is 9.90. The van der Waals surface area contributed by atoms with Crippen molar-refractivity contribution in [3.63, 3.8) is 0 Å². The zero-order chi connectivity index (χ0) is 11.8. The van der Waals surface area contributed by atoms with E-state index in [-0.39, 0.29) is 0 Å². The fourth-order valence-electron chi connectivity index (χ4n) is 2.51. The second-order valence-corrected chi connectivity index (χ2v) is 4.71. The minimum atomic E-state index is 0.328. The molecule has 5 nitrogen and oxygen atoms in total. The molecule has 0 aromatic carbocycles. The quantitative estimate of drug-likeness (QED) is 0.733. The van der Waals surface area contributed by atoms with Crippen molar-refractivity contribution in [2.24, 2.45) is 5.73 Å². The topological polar surface area (TPSA) is 79.6 Å². The highest BCUT2D eigenvalue weighted by atomic mass is 15.0. The molecule has 5 heteroatoms. The molecule has 1 saturated carbocycles. The fourth-order valence-corrected chi connectivity index (χ4v) is 2.51. The van der Waals surface area contributed by atoms with Gasteiger partial charge in [0.1, 0.15) is 11.6 Å². The lowest BCUT2D eigenvalue weighted by Crippen LogP contribution is -2.14. The summed E-state index contributed by atoms with van der Waals surface area (Å²) in [6, 6.07) is 4.29. The van der Waals surface area contributed by atoms with Crippen molar-refractivity contribution in [2.45, 2.75) is 31.2 Å². The summed E-state index contributed by atoms with van der Waals surface area (Å²) >= 11 is 0. The number of nitrogens with one attached hydrogen (secondary N) is 2. The van der Waals surface area contributed by atoms with E-state index in [4.69, 9.17) is 5.73 Å². The largest absolute Gasteiger partial charge is 0.373 e. The molecule has 0 amide bonds. The number of nitrogens with two attached hydrogens (primary N) is 1. The molecule has 2 aromatic rings. The van der Waals surface area contributed by atoms with Gasteiger partial charge in [-0.3, -0.25) is 0 Å². The van der Waals surface area contributed by atoms with E-state index in [0.717, 1.165) is 42.1 Å². The van der Waals surface area contributed by atoms with Crippen molar-refractivity contribution in [3.05, 3.63) is 18.0 Å². The average molecular weight is 231 g/mol. The standard InChI is InChI=1S/C12H17N5/c1-14-10-5-4-9-12(16-10)17-11(15-9)7-2-3-8(13)6-7/h4-5,7-8H,2-3,6,13H2,1H3,(H2,14,15,16,17)/t7-,8+/m1/s1. The molecule has 1 aliphatic carbocycles. The lowest BCUT2D eigenvalue weighted by molar-refractivity contribution is 0.651. The van der Waals surface area contributed by atoms with Gasteiger partial charge in [0, 0.05) is 19.0 Å². The molecule has 0 aliphatic heterocycles. The first kappa shape index (κ1) is 10.5. The first-order chi connectivity index (χ1) is 8.26. The summed E-state index contributed by atoms with van der Waals surface area (Å²) in [6.45, 7) is 0. The number of fused-ring (bicyclic) bond motifs is 1. The number of hydrogen-bond donors (Lipinski definition) is 3. The Kier molecular flexibility index (Phi) is 2.48. The molecule has 0 saturated heterocycles. The Labute approximate surface area is 99.8 Å². The molecule has 3 rings (SSSR count). The molecule has 1 fully saturated rings. The first-order valence-corrected chi connectivity index (χ1v) is 6.06. The van der Waals surface area contributed by atoms with E-state index in [9.17, 15) is 0 Å². The molecular formula is C12H17N5. The predicted octanol–water partition coefficient (Wildman–Crippen LogP) is 1.59. The van der Waals surface area contributed by atoms with Crippen molar-refractivity contribution < 1.29 is 0 Å². The number of hydrogen-bond acceptors (Lipinski definition) is 4. The summed E-state index contributed by atoms with van der Waals surface area (Å²) in [7, 11) is 1.86. The molecule has 2 atom stereocenters. The average Bonchev–Trinajstić information content (AvgIpc) is 2.93. The number of aromatic amines is 1. The van der Waals surface area contributed by atoms with Gasteiger partial charge in [-0.1, -0.05) is 0 Å². The highest BCUT2D eigenvalue weighted by molar-refractivity contribution is 5.73. The van der Waals surface area contributed by atoms with Crippen molar-refractivity contribution in [2.75, 3.05) is 12.4 Å². The summed E-state index contributed by atoms with van der Waals surface area (Å²) in [5.41, 5.74) is 7.72. The number of nitrogens with zero attached hydrogens (tertiary/aromatic N) is 2. The highest BCUT2D eigenvalue weighted by Gasteiger charge is 2.25. The van der Waals surface area contributed by atoms with E-state index in [1.807, 2.05) is 19.2 Å². The Hall–Kier alpha value is -1.62. The monoisotopic (exact) mass is 231 g/mol. The maximum Gasteiger partial charge on any atom is 0.179 e. The maximum atomic E-state index is 5.94. The maximum absolute atomic E-state index is 5.94. The Morgan fingerprint density at radius 1 is 1.35 bits per heavy atom. The third-order valence-corrected chi connectivity index (χ3v) is 3.48. The van der Waals surface area contributed by atoms with Gasteiger partial charge in [0.25, 0.3) is 0 Å². The Bertz CT molecular complexity index is 533. The number of rotatable bonds is 2. The molecule has 0 spiro atoms. The van der Waals surface area contributed by atoms with Gasteiger partial charge < -0.3 is 16.0 Å². The molecule has 0 radical (unpaired) electrons. The fraction of sp³-hybridized carbons (Fsp3) is 0.500. The molecule has 0 bridgehead atoms.